The molecule has 2 aromatic rings. The van der Waals surface area contributed by atoms with Crippen molar-refractivity contribution < 1.29 is 14.3 Å². The van der Waals surface area contributed by atoms with Gasteiger partial charge >= 0.3 is 0 Å². The van der Waals surface area contributed by atoms with Crippen molar-refractivity contribution in [1.29, 1.82) is 0 Å². The molecule has 0 saturated carbocycles. The van der Waals surface area contributed by atoms with Crippen LogP contribution < -0.4 is 20.1 Å². The Morgan fingerprint density at radius 2 is 1.80 bits per heavy atom. The number of carbonyl (C=O) groups is 1. The molecule has 1 atom stereocenters. The number of anilines is 1. The van der Waals surface area contributed by atoms with Gasteiger partial charge in [0.2, 0.25) is 5.91 Å². The molecular weight excluding hydrogens is 340 g/mol. The molecule has 25 heavy (non-hydrogen) atoms. The molecule has 0 fully saturated rings. The number of carbonyl (C=O) groups excluding carboxylic acids is 1. The van der Waals surface area contributed by atoms with E-state index < -0.39 is 6.04 Å². The number of rotatable bonds is 8. The van der Waals surface area contributed by atoms with Crippen molar-refractivity contribution in [3.05, 3.63) is 53.1 Å². The van der Waals surface area contributed by atoms with Crippen molar-refractivity contribution >= 4 is 23.2 Å². The highest BCUT2D eigenvalue weighted by molar-refractivity contribution is 6.32. The van der Waals surface area contributed by atoms with Crippen molar-refractivity contribution in [2.75, 3.05) is 26.1 Å². The van der Waals surface area contributed by atoms with Gasteiger partial charge in [-0.25, -0.2) is 0 Å². The lowest BCUT2D eigenvalue weighted by molar-refractivity contribution is -0.121. The summed E-state index contributed by atoms with van der Waals surface area (Å²) >= 11 is 6.15. The average molecular weight is 363 g/mol. The summed E-state index contributed by atoms with van der Waals surface area (Å²) in [5, 5.41) is 6.50. The van der Waals surface area contributed by atoms with Crippen molar-refractivity contribution in [2.24, 2.45) is 0 Å². The number of hydrogen-bond donors (Lipinski definition) is 2. The van der Waals surface area contributed by atoms with Crippen LogP contribution in [0.25, 0.3) is 0 Å². The lowest BCUT2D eigenvalue weighted by Crippen LogP contribution is -2.38. The SMILES string of the molecule is COc1cc(OC)c(NC(C)C(=O)NCCc2ccccc2)cc1Cl. The number of hydrogen-bond acceptors (Lipinski definition) is 4. The lowest BCUT2D eigenvalue weighted by atomic mass is 10.1. The van der Waals surface area contributed by atoms with Crippen LogP contribution in [0.5, 0.6) is 11.5 Å². The molecule has 0 spiro atoms. The van der Waals surface area contributed by atoms with E-state index in [2.05, 4.69) is 10.6 Å². The minimum atomic E-state index is -0.436. The minimum absolute atomic E-state index is 0.0927. The summed E-state index contributed by atoms with van der Waals surface area (Å²) in [6.07, 6.45) is 0.789. The van der Waals surface area contributed by atoms with Gasteiger partial charge in [0.05, 0.1) is 24.9 Å². The van der Waals surface area contributed by atoms with Gasteiger partial charge in [-0.05, 0) is 25.0 Å². The Labute approximate surface area is 153 Å². The molecule has 0 aliphatic rings. The topological polar surface area (TPSA) is 59.6 Å². The zero-order valence-corrected chi connectivity index (χ0v) is 15.4. The smallest absolute Gasteiger partial charge is 0.242 e. The second-order valence-electron chi connectivity index (χ2n) is 5.58. The van der Waals surface area contributed by atoms with Gasteiger partial charge in [-0.3, -0.25) is 4.79 Å². The van der Waals surface area contributed by atoms with Crippen LogP contribution in [0.15, 0.2) is 42.5 Å². The molecule has 6 heteroatoms. The van der Waals surface area contributed by atoms with E-state index >= 15 is 0 Å². The zero-order chi connectivity index (χ0) is 18.2. The maximum absolute atomic E-state index is 12.3. The van der Waals surface area contributed by atoms with Gasteiger partial charge in [-0.15, -0.1) is 0 Å². The van der Waals surface area contributed by atoms with Gasteiger partial charge < -0.3 is 20.1 Å². The first-order valence-electron chi connectivity index (χ1n) is 8.05. The number of ether oxygens (including phenoxy) is 2. The van der Waals surface area contributed by atoms with E-state index in [0.29, 0.717) is 28.8 Å². The summed E-state index contributed by atoms with van der Waals surface area (Å²) in [6.45, 7) is 2.37. The fourth-order valence-corrected chi connectivity index (χ4v) is 2.64. The molecule has 1 unspecified atom stereocenters. The molecule has 0 bridgehead atoms. The van der Waals surface area contributed by atoms with E-state index in [1.807, 2.05) is 30.3 Å². The minimum Gasteiger partial charge on any atom is -0.495 e. The first kappa shape index (κ1) is 18.9. The van der Waals surface area contributed by atoms with Crippen LogP contribution >= 0.6 is 11.6 Å². The molecule has 0 aliphatic carbocycles. The monoisotopic (exact) mass is 362 g/mol. The normalized spacial score (nSPS) is 11.5. The number of nitrogens with one attached hydrogen (secondary N) is 2. The molecule has 0 radical (unpaired) electrons. The summed E-state index contributed by atoms with van der Waals surface area (Å²) < 4.78 is 10.5. The fraction of sp³-hybridized carbons (Fsp3) is 0.316. The molecule has 1 amide bonds. The molecular formula is C19H23ClN2O3. The Morgan fingerprint density at radius 3 is 2.44 bits per heavy atom. The summed E-state index contributed by atoms with van der Waals surface area (Å²) in [6, 6.07) is 13.0. The van der Waals surface area contributed by atoms with Crippen LogP contribution in [0.4, 0.5) is 5.69 Å². The fourth-order valence-electron chi connectivity index (χ4n) is 2.40. The summed E-state index contributed by atoms with van der Waals surface area (Å²) in [7, 11) is 3.09. The number of amides is 1. The molecule has 0 saturated heterocycles. The Bertz CT molecular complexity index is 707. The van der Waals surface area contributed by atoms with E-state index in [1.54, 1.807) is 26.2 Å². The maximum atomic E-state index is 12.3. The van der Waals surface area contributed by atoms with Crippen LogP contribution in [0.2, 0.25) is 5.02 Å². The van der Waals surface area contributed by atoms with E-state index in [0.717, 1.165) is 6.42 Å². The number of benzene rings is 2. The first-order chi connectivity index (χ1) is 12.0. The third-order valence-electron chi connectivity index (χ3n) is 3.79. The van der Waals surface area contributed by atoms with Crippen molar-refractivity contribution in [3.8, 4) is 11.5 Å². The predicted molar refractivity (Wildman–Crippen MR) is 101 cm³/mol. The molecule has 134 valence electrons. The second kappa shape index (κ2) is 9.18. The van der Waals surface area contributed by atoms with Crippen molar-refractivity contribution in [1.82, 2.24) is 5.32 Å². The van der Waals surface area contributed by atoms with E-state index in [-0.39, 0.29) is 5.91 Å². The lowest BCUT2D eigenvalue weighted by Gasteiger charge is -2.18. The zero-order valence-electron chi connectivity index (χ0n) is 14.6. The van der Waals surface area contributed by atoms with Crippen LogP contribution in [0, 0.1) is 0 Å². The maximum Gasteiger partial charge on any atom is 0.242 e. The summed E-state index contributed by atoms with van der Waals surface area (Å²) in [5.74, 6) is 0.985. The van der Waals surface area contributed by atoms with Gasteiger partial charge in [-0.1, -0.05) is 41.9 Å². The highest BCUT2D eigenvalue weighted by Crippen LogP contribution is 2.36. The molecule has 2 aromatic carbocycles. The molecule has 2 N–H and O–H groups in total. The summed E-state index contributed by atoms with van der Waals surface area (Å²) in [5.41, 5.74) is 1.83. The average Bonchev–Trinajstić information content (AvgIpc) is 2.62. The molecule has 0 aliphatic heterocycles. The van der Waals surface area contributed by atoms with Crippen LogP contribution in [0.1, 0.15) is 12.5 Å². The molecule has 0 aromatic heterocycles. The van der Waals surface area contributed by atoms with Crippen molar-refractivity contribution in [3.63, 3.8) is 0 Å². The highest BCUT2D eigenvalue weighted by atomic mass is 35.5. The van der Waals surface area contributed by atoms with Crippen LogP contribution in [-0.2, 0) is 11.2 Å². The third kappa shape index (κ3) is 5.29. The molecule has 0 heterocycles. The van der Waals surface area contributed by atoms with Gasteiger partial charge in [0.15, 0.2) is 0 Å². The third-order valence-corrected chi connectivity index (χ3v) is 4.09. The van der Waals surface area contributed by atoms with Crippen LogP contribution in [0.3, 0.4) is 0 Å². The van der Waals surface area contributed by atoms with Gasteiger partial charge in [0, 0.05) is 12.6 Å². The first-order valence-corrected chi connectivity index (χ1v) is 8.42. The number of halogens is 1. The Balaban J connectivity index is 1.93. The Hall–Kier alpha value is -2.40. The van der Waals surface area contributed by atoms with Gasteiger partial charge in [-0.2, -0.15) is 0 Å². The number of methoxy groups -OCH3 is 2. The second-order valence-corrected chi connectivity index (χ2v) is 5.99. The van der Waals surface area contributed by atoms with E-state index in [9.17, 15) is 4.79 Å². The predicted octanol–water partition coefficient (Wildman–Crippen LogP) is 3.52. The molecule has 2 rings (SSSR count). The van der Waals surface area contributed by atoms with Crippen molar-refractivity contribution in [2.45, 2.75) is 19.4 Å². The quantitative estimate of drug-likeness (QED) is 0.754. The molecule has 5 nitrogen and oxygen atoms in total. The largest absolute Gasteiger partial charge is 0.495 e. The van der Waals surface area contributed by atoms with Gasteiger partial charge in [0.1, 0.15) is 17.5 Å². The van der Waals surface area contributed by atoms with Crippen LogP contribution in [-0.4, -0.2) is 32.7 Å². The summed E-state index contributed by atoms with van der Waals surface area (Å²) in [4.78, 5) is 12.3. The Morgan fingerprint density at radius 1 is 1.12 bits per heavy atom. The standard InChI is InChI=1S/C19H23ClN2O3/c1-13(19(23)21-10-9-14-7-5-4-6-8-14)22-16-11-15(20)17(24-2)12-18(16)25-3/h4-8,11-13,22H,9-10H2,1-3H3,(H,21,23). The highest BCUT2D eigenvalue weighted by Gasteiger charge is 2.16. The van der Waals surface area contributed by atoms with E-state index in [4.69, 9.17) is 21.1 Å². The van der Waals surface area contributed by atoms with Gasteiger partial charge in [0.25, 0.3) is 0 Å². The Kier molecular flexibility index (Phi) is 6.95. The van der Waals surface area contributed by atoms with E-state index in [1.165, 1.54) is 12.7 Å².